The second-order valence-electron chi connectivity index (χ2n) is 6.80. The molecule has 1 atom stereocenters. The van der Waals surface area contributed by atoms with Gasteiger partial charge in [-0.25, -0.2) is 9.18 Å². The zero-order valence-electron chi connectivity index (χ0n) is 13.9. The Hall–Kier alpha value is -2.15. The summed E-state index contributed by atoms with van der Waals surface area (Å²) in [6, 6.07) is 5.78. The van der Waals surface area contributed by atoms with Gasteiger partial charge in [0.2, 0.25) is 0 Å². The van der Waals surface area contributed by atoms with E-state index in [1.54, 1.807) is 26.0 Å². The topological polar surface area (TPSA) is 61.9 Å². The lowest BCUT2D eigenvalue weighted by atomic mass is 10.1. The van der Waals surface area contributed by atoms with E-state index in [9.17, 15) is 14.0 Å². The molecule has 7 heteroatoms. The molecular formula is C17H22FN3O3. The van der Waals surface area contributed by atoms with Gasteiger partial charge in [0.25, 0.3) is 5.91 Å². The van der Waals surface area contributed by atoms with E-state index < -0.39 is 5.54 Å². The molecule has 0 saturated carbocycles. The van der Waals surface area contributed by atoms with Gasteiger partial charge in [0.1, 0.15) is 23.2 Å². The molecule has 0 aromatic heterocycles. The second-order valence-corrected chi connectivity index (χ2v) is 6.80. The van der Waals surface area contributed by atoms with Crippen LogP contribution < -0.4 is 10.1 Å². The summed E-state index contributed by atoms with van der Waals surface area (Å²) in [6.45, 7) is 5.90. The van der Waals surface area contributed by atoms with E-state index in [0.29, 0.717) is 25.4 Å². The highest BCUT2D eigenvalue weighted by Crippen LogP contribution is 2.20. The largest absolute Gasteiger partial charge is 0.489 e. The molecule has 130 valence electrons. The van der Waals surface area contributed by atoms with Crippen molar-refractivity contribution in [3.63, 3.8) is 0 Å². The highest BCUT2D eigenvalue weighted by atomic mass is 19.1. The minimum Gasteiger partial charge on any atom is -0.489 e. The number of amides is 3. The summed E-state index contributed by atoms with van der Waals surface area (Å²) >= 11 is 0. The maximum atomic E-state index is 13.2. The van der Waals surface area contributed by atoms with E-state index in [4.69, 9.17) is 4.74 Å². The van der Waals surface area contributed by atoms with Crippen molar-refractivity contribution in [2.75, 3.05) is 26.2 Å². The number of benzene rings is 1. The van der Waals surface area contributed by atoms with Gasteiger partial charge >= 0.3 is 6.03 Å². The third kappa shape index (κ3) is 3.51. The van der Waals surface area contributed by atoms with Crippen LogP contribution in [0.4, 0.5) is 9.18 Å². The summed E-state index contributed by atoms with van der Waals surface area (Å²) in [5.74, 6) is 0.0143. The number of imide groups is 1. The van der Waals surface area contributed by atoms with Crippen LogP contribution in [0.1, 0.15) is 20.3 Å². The Labute approximate surface area is 140 Å². The summed E-state index contributed by atoms with van der Waals surface area (Å²) < 4.78 is 19.0. The fraction of sp³-hybridized carbons (Fsp3) is 0.529. The Morgan fingerprint density at radius 2 is 2.12 bits per heavy atom. The van der Waals surface area contributed by atoms with Gasteiger partial charge in [-0.2, -0.15) is 0 Å². The van der Waals surface area contributed by atoms with Crippen molar-refractivity contribution >= 4 is 11.9 Å². The summed E-state index contributed by atoms with van der Waals surface area (Å²) in [6.07, 6.45) is 0.827. The Bertz CT molecular complexity index is 650. The normalized spacial score (nSPS) is 23.6. The van der Waals surface area contributed by atoms with Crippen LogP contribution in [0.2, 0.25) is 0 Å². The van der Waals surface area contributed by atoms with Gasteiger partial charge in [-0.15, -0.1) is 0 Å². The first-order valence-corrected chi connectivity index (χ1v) is 8.14. The van der Waals surface area contributed by atoms with E-state index >= 15 is 0 Å². The van der Waals surface area contributed by atoms with E-state index in [1.165, 1.54) is 17.0 Å². The first kappa shape index (κ1) is 16.7. The minimum absolute atomic E-state index is 0.00801. The molecular weight excluding hydrogens is 313 g/mol. The molecule has 3 rings (SSSR count). The molecule has 3 amide bonds. The Kier molecular flexibility index (Phi) is 4.45. The van der Waals surface area contributed by atoms with E-state index in [1.807, 2.05) is 0 Å². The number of urea groups is 1. The van der Waals surface area contributed by atoms with Crippen LogP contribution in [0.25, 0.3) is 0 Å². The van der Waals surface area contributed by atoms with Crippen LogP contribution in [-0.2, 0) is 4.79 Å². The number of hydrogen-bond donors (Lipinski definition) is 1. The van der Waals surface area contributed by atoms with Crippen LogP contribution in [0.3, 0.4) is 0 Å². The highest BCUT2D eigenvalue weighted by molar-refractivity contribution is 6.06. The molecule has 6 nitrogen and oxygen atoms in total. The average Bonchev–Trinajstić information content (AvgIpc) is 3.01. The van der Waals surface area contributed by atoms with Crippen molar-refractivity contribution in [3.05, 3.63) is 30.1 Å². The predicted octanol–water partition coefficient (Wildman–Crippen LogP) is 1.61. The SMILES string of the molecule is CC1(C)NC(=O)N(CCN2CCC(Oc3cccc(F)c3)C2)C1=O. The first-order chi connectivity index (χ1) is 11.3. The predicted molar refractivity (Wildman–Crippen MR) is 86.2 cm³/mol. The summed E-state index contributed by atoms with van der Waals surface area (Å²) in [7, 11) is 0. The summed E-state index contributed by atoms with van der Waals surface area (Å²) in [5.41, 5.74) is -0.828. The third-order valence-corrected chi connectivity index (χ3v) is 4.41. The number of hydrogen-bond acceptors (Lipinski definition) is 4. The van der Waals surface area contributed by atoms with Gasteiger partial charge in [0.05, 0.1) is 0 Å². The van der Waals surface area contributed by atoms with Gasteiger partial charge in [0.15, 0.2) is 0 Å². The summed E-state index contributed by atoms with van der Waals surface area (Å²) in [5, 5.41) is 2.67. The number of nitrogens with zero attached hydrogens (tertiary/aromatic N) is 2. The molecule has 0 spiro atoms. The van der Waals surface area contributed by atoms with Gasteiger partial charge in [0, 0.05) is 32.2 Å². The number of rotatable bonds is 5. The summed E-state index contributed by atoms with van der Waals surface area (Å²) in [4.78, 5) is 27.4. The molecule has 0 aliphatic carbocycles. The van der Waals surface area contributed by atoms with Crippen molar-refractivity contribution in [1.82, 2.24) is 15.1 Å². The number of likely N-dealkylation sites (tertiary alicyclic amines) is 1. The average molecular weight is 335 g/mol. The lowest BCUT2D eigenvalue weighted by Crippen LogP contribution is -2.41. The van der Waals surface area contributed by atoms with Crippen molar-refractivity contribution in [2.45, 2.75) is 31.9 Å². The smallest absolute Gasteiger partial charge is 0.325 e. The fourth-order valence-corrected chi connectivity index (χ4v) is 3.09. The van der Waals surface area contributed by atoms with Crippen molar-refractivity contribution in [3.8, 4) is 5.75 Å². The van der Waals surface area contributed by atoms with Gasteiger partial charge in [-0.1, -0.05) is 6.07 Å². The van der Waals surface area contributed by atoms with Crippen LogP contribution >= 0.6 is 0 Å². The molecule has 2 heterocycles. The maximum Gasteiger partial charge on any atom is 0.325 e. The minimum atomic E-state index is -0.828. The highest BCUT2D eigenvalue weighted by Gasteiger charge is 2.44. The Morgan fingerprint density at radius 1 is 1.33 bits per heavy atom. The second kappa shape index (κ2) is 6.39. The molecule has 2 aliphatic rings. The molecule has 1 N–H and O–H groups in total. The molecule has 0 bridgehead atoms. The van der Waals surface area contributed by atoms with Crippen LogP contribution in [0.5, 0.6) is 5.75 Å². The number of nitrogens with one attached hydrogen (secondary N) is 1. The van der Waals surface area contributed by atoms with Gasteiger partial charge in [-0.3, -0.25) is 14.6 Å². The zero-order valence-corrected chi connectivity index (χ0v) is 13.9. The van der Waals surface area contributed by atoms with Crippen molar-refractivity contribution < 1.29 is 18.7 Å². The lowest BCUT2D eigenvalue weighted by molar-refractivity contribution is -0.130. The number of halogens is 1. The quantitative estimate of drug-likeness (QED) is 0.831. The van der Waals surface area contributed by atoms with Gasteiger partial charge in [-0.05, 0) is 32.4 Å². The molecule has 0 radical (unpaired) electrons. The maximum absolute atomic E-state index is 13.2. The third-order valence-electron chi connectivity index (χ3n) is 4.41. The lowest BCUT2D eigenvalue weighted by Gasteiger charge is -2.20. The molecule has 2 aliphatic heterocycles. The molecule has 1 aromatic rings. The van der Waals surface area contributed by atoms with Crippen molar-refractivity contribution in [2.24, 2.45) is 0 Å². The van der Waals surface area contributed by atoms with Crippen LogP contribution in [-0.4, -0.2) is 59.6 Å². The number of carbonyl (C=O) groups excluding carboxylic acids is 2. The molecule has 24 heavy (non-hydrogen) atoms. The number of ether oxygens (including phenoxy) is 1. The molecule has 2 saturated heterocycles. The van der Waals surface area contributed by atoms with E-state index in [2.05, 4.69) is 10.2 Å². The van der Waals surface area contributed by atoms with E-state index in [0.717, 1.165) is 13.0 Å². The molecule has 1 aromatic carbocycles. The first-order valence-electron chi connectivity index (χ1n) is 8.14. The number of carbonyl (C=O) groups is 2. The zero-order chi connectivity index (χ0) is 17.3. The van der Waals surface area contributed by atoms with Gasteiger partial charge < -0.3 is 10.1 Å². The Morgan fingerprint density at radius 3 is 2.79 bits per heavy atom. The fourth-order valence-electron chi connectivity index (χ4n) is 3.09. The van der Waals surface area contributed by atoms with Crippen LogP contribution in [0, 0.1) is 5.82 Å². The van der Waals surface area contributed by atoms with E-state index in [-0.39, 0.29) is 23.9 Å². The molecule has 1 unspecified atom stereocenters. The monoisotopic (exact) mass is 335 g/mol. The Balaban J connectivity index is 1.48. The van der Waals surface area contributed by atoms with Crippen LogP contribution in [0.15, 0.2) is 24.3 Å². The van der Waals surface area contributed by atoms with Crippen molar-refractivity contribution in [1.29, 1.82) is 0 Å². The molecule has 2 fully saturated rings. The standard InChI is InChI=1S/C17H22FN3O3/c1-17(2)15(22)21(16(23)19-17)9-8-20-7-6-14(11-20)24-13-5-3-4-12(18)10-13/h3-5,10,14H,6-9,11H2,1-2H3,(H,19,23).